The summed E-state index contributed by atoms with van der Waals surface area (Å²) in [7, 11) is 0. The number of hydrogen-bond acceptors (Lipinski definition) is 16. The van der Waals surface area contributed by atoms with Gasteiger partial charge in [-0.05, 0) is 104 Å². The van der Waals surface area contributed by atoms with Crippen LogP contribution >= 0.6 is 0 Å². The Balaban J connectivity index is 1.07. The molecule has 0 aromatic carbocycles. The maximum atomic E-state index is 12.4. The molecule has 64 heavy (non-hydrogen) atoms. The summed E-state index contributed by atoms with van der Waals surface area (Å²) in [5.74, 6) is -1.06. The fraction of sp³-hybridized carbons (Fsp3) is 0.936. The minimum atomic E-state index is -2.01. The Bertz CT molecular complexity index is 1760. The molecule has 4 saturated carbocycles. The van der Waals surface area contributed by atoms with Gasteiger partial charge < -0.3 is 79.5 Å². The Morgan fingerprint density at radius 2 is 1.34 bits per heavy atom. The van der Waals surface area contributed by atoms with E-state index in [4.69, 9.17) is 28.4 Å². The number of aliphatic hydroxyl groups is 9. The van der Waals surface area contributed by atoms with Crippen molar-refractivity contribution in [3.63, 3.8) is 0 Å². The van der Waals surface area contributed by atoms with E-state index in [1.165, 1.54) is 12.5 Å². The molecule has 0 aromatic rings. The van der Waals surface area contributed by atoms with E-state index in [-0.39, 0.29) is 51.6 Å². The third-order valence-corrected chi connectivity index (χ3v) is 19.1. The number of fused-ring (bicyclic) bond motifs is 7. The molecule has 3 heterocycles. The number of aliphatic hydroxyl groups excluding tert-OH is 9. The molecule has 24 atom stereocenters. The average Bonchev–Trinajstić information content (AvgIpc) is 3.22. The molecule has 3 saturated heterocycles. The fourth-order valence-corrected chi connectivity index (χ4v) is 14.8. The van der Waals surface area contributed by atoms with Crippen LogP contribution in [0.4, 0.5) is 0 Å². The highest BCUT2D eigenvalue weighted by Crippen LogP contribution is 2.76. The van der Waals surface area contributed by atoms with E-state index in [1.807, 2.05) is 6.92 Å². The van der Waals surface area contributed by atoms with E-state index in [0.29, 0.717) is 18.8 Å². The summed E-state index contributed by atoms with van der Waals surface area (Å²) >= 11 is 0. The number of rotatable bonds is 8. The lowest BCUT2D eigenvalue weighted by Gasteiger charge is -2.72. The third-order valence-electron chi connectivity index (χ3n) is 19.1. The quantitative estimate of drug-likeness (QED) is 0.122. The lowest BCUT2D eigenvalue weighted by atomic mass is 9.33. The number of carboxylic acid groups (broad SMARTS) is 1. The summed E-state index contributed by atoms with van der Waals surface area (Å²) in [4.78, 5) is 12.4. The maximum Gasteiger partial charge on any atom is 0.335 e. The van der Waals surface area contributed by atoms with Gasteiger partial charge in [-0.25, -0.2) is 4.79 Å². The summed E-state index contributed by atoms with van der Waals surface area (Å²) < 4.78 is 36.1. The molecule has 366 valence electrons. The smallest absolute Gasteiger partial charge is 0.335 e. The fourth-order valence-electron chi connectivity index (χ4n) is 14.8. The Morgan fingerprint density at radius 3 is 2.00 bits per heavy atom. The highest BCUT2D eigenvalue weighted by atomic mass is 16.8. The molecule has 17 heteroatoms. The third kappa shape index (κ3) is 7.49. The molecule has 3 aliphatic heterocycles. The van der Waals surface area contributed by atoms with Gasteiger partial charge in [0, 0.05) is 10.8 Å². The first kappa shape index (κ1) is 49.0. The number of carbonyl (C=O) groups is 1. The van der Waals surface area contributed by atoms with Crippen molar-refractivity contribution in [1.82, 2.24) is 0 Å². The topological polar surface area (TPSA) is 275 Å². The van der Waals surface area contributed by atoms with Crippen LogP contribution < -0.4 is 0 Å². The van der Waals surface area contributed by atoms with Gasteiger partial charge in [0.1, 0.15) is 54.9 Å². The predicted octanol–water partition coefficient (Wildman–Crippen LogP) is 1.34. The first-order chi connectivity index (χ1) is 29.8. The molecule has 0 radical (unpaired) electrons. The molecule has 0 amide bonds. The van der Waals surface area contributed by atoms with Gasteiger partial charge in [-0.2, -0.15) is 0 Å². The van der Waals surface area contributed by atoms with Crippen LogP contribution in [-0.2, 0) is 33.2 Å². The summed E-state index contributed by atoms with van der Waals surface area (Å²) in [6, 6.07) is 0. The largest absolute Gasteiger partial charge is 0.479 e. The van der Waals surface area contributed by atoms with Crippen molar-refractivity contribution in [3.05, 3.63) is 11.6 Å². The van der Waals surface area contributed by atoms with Crippen LogP contribution in [0.5, 0.6) is 0 Å². The van der Waals surface area contributed by atoms with Gasteiger partial charge in [0.2, 0.25) is 0 Å². The second-order valence-electron chi connectivity index (χ2n) is 23.2. The molecule has 17 nitrogen and oxygen atoms in total. The minimum Gasteiger partial charge on any atom is -0.479 e. The molecule has 0 spiro atoms. The molecule has 8 aliphatic rings. The average molecular weight is 913 g/mol. The molecule has 0 aromatic heterocycles. The van der Waals surface area contributed by atoms with Crippen LogP contribution in [-0.4, -0.2) is 168 Å². The van der Waals surface area contributed by atoms with Crippen molar-refractivity contribution >= 4 is 5.97 Å². The molecule has 5 aliphatic carbocycles. The molecule has 6 unspecified atom stereocenters. The highest BCUT2D eigenvalue weighted by Gasteiger charge is 2.70. The first-order valence-corrected chi connectivity index (χ1v) is 23.7. The summed E-state index contributed by atoms with van der Waals surface area (Å²) in [5, 5.41) is 109. The molecule has 7 fully saturated rings. The molecular weight excluding hydrogens is 837 g/mol. The Labute approximate surface area is 376 Å². The van der Waals surface area contributed by atoms with Crippen molar-refractivity contribution < 1.29 is 84.3 Å². The number of hydrogen-bond donors (Lipinski definition) is 10. The van der Waals surface area contributed by atoms with Crippen molar-refractivity contribution in [2.75, 3.05) is 13.2 Å². The maximum absolute atomic E-state index is 12.4. The van der Waals surface area contributed by atoms with Gasteiger partial charge >= 0.3 is 5.97 Å². The Hall–Kier alpha value is -1.39. The second kappa shape index (κ2) is 16.9. The monoisotopic (exact) mass is 913 g/mol. The van der Waals surface area contributed by atoms with Gasteiger partial charge in [0.15, 0.2) is 25.0 Å². The summed E-state index contributed by atoms with van der Waals surface area (Å²) in [6.07, 6.45) is -14.6. The lowest BCUT2D eigenvalue weighted by molar-refractivity contribution is -0.391. The van der Waals surface area contributed by atoms with Crippen molar-refractivity contribution in [1.29, 1.82) is 0 Å². The number of carboxylic acids is 1. The van der Waals surface area contributed by atoms with E-state index in [9.17, 15) is 55.9 Å². The van der Waals surface area contributed by atoms with Crippen molar-refractivity contribution in [2.45, 2.75) is 211 Å². The minimum absolute atomic E-state index is 0.0282. The molecular formula is C47H76O17. The predicted molar refractivity (Wildman–Crippen MR) is 225 cm³/mol. The van der Waals surface area contributed by atoms with Crippen LogP contribution in [0, 0.1) is 50.2 Å². The Kier molecular flexibility index (Phi) is 13.0. The first-order valence-electron chi connectivity index (χ1n) is 23.7. The molecule has 8 rings (SSSR count). The van der Waals surface area contributed by atoms with E-state index < -0.39 is 110 Å². The van der Waals surface area contributed by atoms with E-state index in [0.717, 1.165) is 44.9 Å². The molecule has 0 bridgehead atoms. The molecule has 10 N–H and O–H groups in total. The normalized spacial score (nSPS) is 56.1. The zero-order chi connectivity index (χ0) is 46.9. The lowest BCUT2D eigenvalue weighted by Crippen LogP contribution is -2.68. The van der Waals surface area contributed by atoms with Crippen LogP contribution in [0.2, 0.25) is 0 Å². The van der Waals surface area contributed by atoms with Gasteiger partial charge in [-0.3, -0.25) is 0 Å². The number of aliphatic carboxylic acids is 1. The summed E-state index contributed by atoms with van der Waals surface area (Å²) in [5.41, 5.74) is 0.0868. The van der Waals surface area contributed by atoms with E-state index >= 15 is 0 Å². The van der Waals surface area contributed by atoms with Crippen molar-refractivity contribution in [3.8, 4) is 0 Å². The van der Waals surface area contributed by atoms with Crippen LogP contribution in [0.3, 0.4) is 0 Å². The van der Waals surface area contributed by atoms with E-state index in [2.05, 4.69) is 47.6 Å². The van der Waals surface area contributed by atoms with Crippen molar-refractivity contribution in [2.24, 2.45) is 50.2 Å². The van der Waals surface area contributed by atoms with Crippen LogP contribution in [0.25, 0.3) is 0 Å². The van der Waals surface area contributed by atoms with Crippen LogP contribution in [0.1, 0.15) is 113 Å². The highest BCUT2D eigenvalue weighted by molar-refractivity contribution is 5.73. The summed E-state index contributed by atoms with van der Waals surface area (Å²) in [6.45, 7) is 16.9. The van der Waals surface area contributed by atoms with Gasteiger partial charge in [0.05, 0.1) is 31.5 Å². The zero-order valence-corrected chi connectivity index (χ0v) is 38.7. The van der Waals surface area contributed by atoms with E-state index in [1.54, 1.807) is 0 Å². The van der Waals surface area contributed by atoms with Gasteiger partial charge in [-0.15, -0.1) is 0 Å². The number of ether oxygens (including phenoxy) is 6. The van der Waals surface area contributed by atoms with Gasteiger partial charge in [0.25, 0.3) is 0 Å². The number of allylic oxidation sites excluding steroid dienone is 2. The Morgan fingerprint density at radius 1 is 0.703 bits per heavy atom. The zero-order valence-electron chi connectivity index (χ0n) is 38.7. The van der Waals surface area contributed by atoms with Crippen LogP contribution in [0.15, 0.2) is 11.6 Å². The van der Waals surface area contributed by atoms with Gasteiger partial charge in [-0.1, -0.05) is 60.1 Å². The second-order valence-corrected chi connectivity index (χ2v) is 23.2. The SMILES string of the molecule is C[C@@H]1OC(O[C@H]2C(O[C@H]3CC[C@@]4(C)C(CC[C@]5(C)C4CC=C4C6CC(C)(C)C[C@@H](O)[C@]6(C)CC[C@]45C)[C@@]3(C)CO)O[C@H](C(=O)O)[C@@H](O)[C@@H]2O)[C@H](OC2OC[C@H](O)[C@H](O)[C@@H]2O)[C@H](O)[C@H]1O. The standard InChI is InChI=1S/C47H76O17/c1-21-29(51)31(53)36(63-39-34(56)30(52)24(49)19-59-39)40(60-21)64-37-33(55)32(54)35(38(57)58)62-41(37)61-28-12-13-44(5)25(45(28,6)20-48)11-14-47(8)26(44)10-9-22-23-17-42(2,3)18-27(50)43(23,4)15-16-46(22,47)7/h9,21,23-37,39-41,48-56H,10-20H2,1-8H3,(H,57,58)/t21-,23?,24-,25?,26?,27+,28-,29-,30-,31+,32-,33-,34-,35-,36+,37+,39?,40?,41?,43+,44-,45+,46+,47+/m0/s1.